The highest BCUT2D eigenvalue weighted by Crippen LogP contribution is 2.22. The third-order valence-electron chi connectivity index (χ3n) is 4.58. The van der Waals surface area contributed by atoms with Gasteiger partial charge in [0.05, 0.1) is 0 Å². The molecule has 4 nitrogen and oxygen atoms in total. The molecule has 2 aromatic rings. The number of halogens is 2. The van der Waals surface area contributed by atoms with Gasteiger partial charge >= 0.3 is 0 Å². The molecule has 1 heterocycles. The van der Waals surface area contributed by atoms with Crippen molar-refractivity contribution in [3.05, 3.63) is 58.1 Å². The second-order valence-electron chi connectivity index (χ2n) is 6.64. The van der Waals surface area contributed by atoms with Crippen molar-refractivity contribution in [3.8, 4) is 5.75 Å². The van der Waals surface area contributed by atoms with Gasteiger partial charge < -0.3 is 14.7 Å². The maximum Gasteiger partial charge on any atom is 0.122 e. The molecule has 0 radical (unpaired) electrons. The summed E-state index contributed by atoms with van der Waals surface area (Å²) in [6.07, 6.45) is -0.525. The number of β-amino-alcohol motifs (C(OH)–C–C–N with tert-alkyl or cyclic N) is 1. The third-order valence-corrected chi connectivity index (χ3v) is 5.05. The van der Waals surface area contributed by atoms with Crippen LogP contribution in [0.3, 0.4) is 0 Å². The largest absolute Gasteiger partial charge is 0.491 e. The number of aryl methyl sites for hydroxylation is 1. The van der Waals surface area contributed by atoms with Crippen LogP contribution in [0.25, 0.3) is 0 Å². The Morgan fingerprint density at radius 2 is 1.77 bits per heavy atom. The topological polar surface area (TPSA) is 35.9 Å². The highest BCUT2D eigenvalue weighted by molar-refractivity contribution is 6.31. The first kappa shape index (κ1) is 19.3. The van der Waals surface area contributed by atoms with Crippen LogP contribution in [0, 0.1) is 6.92 Å². The Morgan fingerprint density at radius 3 is 2.46 bits per heavy atom. The molecule has 1 saturated heterocycles. The maximum atomic E-state index is 10.3. The second-order valence-corrected chi connectivity index (χ2v) is 7.52. The molecule has 0 amide bonds. The van der Waals surface area contributed by atoms with Crippen LogP contribution in [0.15, 0.2) is 42.5 Å². The Morgan fingerprint density at radius 1 is 1.04 bits per heavy atom. The average Bonchev–Trinajstić information content (AvgIpc) is 2.61. The second kappa shape index (κ2) is 8.96. The summed E-state index contributed by atoms with van der Waals surface area (Å²) in [7, 11) is 0. The lowest BCUT2D eigenvalue weighted by molar-refractivity contribution is 0.0661. The van der Waals surface area contributed by atoms with E-state index in [1.165, 1.54) is 0 Å². The van der Waals surface area contributed by atoms with Gasteiger partial charge in [-0.25, -0.2) is 0 Å². The summed E-state index contributed by atoms with van der Waals surface area (Å²) >= 11 is 12.0. The molecule has 0 spiro atoms. The number of benzene rings is 2. The minimum absolute atomic E-state index is 0.275. The number of ether oxygens (including phenoxy) is 1. The Balaban J connectivity index is 1.44. The van der Waals surface area contributed by atoms with Gasteiger partial charge in [0.2, 0.25) is 0 Å². The first-order valence-corrected chi connectivity index (χ1v) is 9.57. The van der Waals surface area contributed by atoms with Crippen LogP contribution in [0.2, 0.25) is 10.0 Å². The Labute approximate surface area is 164 Å². The molecule has 0 unspecified atom stereocenters. The lowest BCUT2D eigenvalue weighted by Gasteiger charge is -2.36. The normalized spacial score (nSPS) is 16.5. The molecule has 140 valence electrons. The summed E-state index contributed by atoms with van der Waals surface area (Å²) in [6, 6.07) is 13.4. The number of rotatable bonds is 6. The van der Waals surface area contributed by atoms with Crippen LogP contribution in [0.1, 0.15) is 5.56 Å². The van der Waals surface area contributed by atoms with E-state index < -0.39 is 6.10 Å². The van der Waals surface area contributed by atoms with Crippen molar-refractivity contribution in [3.63, 3.8) is 0 Å². The van der Waals surface area contributed by atoms with Gasteiger partial charge in [0.1, 0.15) is 18.5 Å². The molecule has 1 atom stereocenters. The number of aliphatic hydroxyl groups excluding tert-OH is 1. The number of piperazine rings is 1. The monoisotopic (exact) mass is 394 g/mol. The molecule has 6 heteroatoms. The summed E-state index contributed by atoms with van der Waals surface area (Å²) < 4.78 is 5.74. The highest BCUT2D eigenvalue weighted by atomic mass is 35.5. The van der Waals surface area contributed by atoms with E-state index >= 15 is 0 Å². The third kappa shape index (κ3) is 5.27. The van der Waals surface area contributed by atoms with E-state index in [0.717, 1.165) is 48.2 Å². The Kier molecular flexibility index (Phi) is 6.65. The van der Waals surface area contributed by atoms with E-state index in [1.807, 2.05) is 37.3 Å². The summed E-state index contributed by atoms with van der Waals surface area (Å²) in [5, 5.41) is 11.8. The van der Waals surface area contributed by atoms with Gasteiger partial charge in [-0.3, -0.25) is 4.90 Å². The van der Waals surface area contributed by atoms with Crippen molar-refractivity contribution in [1.82, 2.24) is 4.90 Å². The van der Waals surface area contributed by atoms with Gasteiger partial charge in [-0.1, -0.05) is 29.3 Å². The predicted octanol–water partition coefficient (Wildman–Crippen LogP) is 3.86. The molecule has 1 aliphatic rings. The van der Waals surface area contributed by atoms with Gasteiger partial charge in [-0.2, -0.15) is 0 Å². The van der Waals surface area contributed by atoms with E-state index in [-0.39, 0.29) is 6.61 Å². The zero-order valence-electron chi connectivity index (χ0n) is 14.9. The fraction of sp³-hybridized carbons (Fsp3) is 0.400. The van der Waals surface area contributed by atoms with Crippen LogP contribution in [-0.2, 0) is 0 Å². The minimum atomic E-state index is -0.525. The van der Waals surface area contributed by atoms with E-state index in [4.69, 9.17) is 27.9 Å². The van der Waals surface area contributed by atoms with Crippen LogP contribution < -0.4 is 9.64 Å². The van der Waals surface area contributed by atoms with Crippen molar-refractivity contribution in [1.29, 1.82) is 0 Å². The summed E-state index contributed by atoms with van der Waals surface area (Å²) in [6.45, 7) is 6.48. The Bertz CT molecular complexity index is 734. The predicted molar refractivity (Wildman–Crippen MR) is 108 cm³/mol. The molecule has 0 aromatic heterocycles. The Hall–Kier alpha value is -1.46. The van der Waals surface area contributed by atoms with Crippen LogP contribution in [0.4, 0.5) is 5.69 Å². The van der Waals surface area contributed by atoms with E-state index in [0.29, 0.717) is 11.6 Å². The molecule has 0 saturated carbocycles. The molecule has 1 aliphatic heterocycles. The van der Waals surface area contributed by atoms with Crippen LogP contribution >= 0.6 is 23.2 Å². The zero-order valence-corrected chi connectivity index (χ0v) is 16.4. The number of aliphatic hydroxyl groups is 1. The number of nitrogens with zero attached hydrogens (tertiary/aromatic N) is 2. The molecular formula is C20H24Cl2N2O2. The number of anilines is 1. The van der Waals surface area contributed by atoms with Crippen molar-refractivity contribution < 1.29 is 9.84 Å². The van der Waals surface area contributed by atoms with E-state index in [1.54, 1.807) is 6.07 Å². The number of hydrogen-bond acceptors (Lipinski definition) is 4. The minimum Gasteiger partial charge on any atom is -0.491 e. The SMILES string of the molecule is Cc1cc(Cl)ccc1OC[C@H](O)CN1CCN(c2cccc(Cl)c2)CC1. The quantitative estimate of drug-likeness (QED) is 0.806. The van der Waals surface area contributed by atoms with Crippen LogP contribution in [0.5, 0.6) is 5.75 Å². The van der Waals surface area contributed by atoms with Gasteiger partial charge in [0.25, 0.3) is 0 Å². The highest BCUT2D eigenvalue weighted by Gasteiger charge is 2.20. The maximum absolute atomic E-state index is 10.3. The fourth-order valence-corrected chi connectivity index (χ4v) is 3.58. The molecule has 1 fully saturated rings. The van der Waals surface area contributed by atoms with E-state index in [9.17, 15) is 5.11 Å². The summed E-state index contributed by atoms with van der Waals surface area (Å²) in [4.78, 5) is 4.59. The molecule has 0 bridgehead atoms. The van der Waals surface area contributed by atoms with Crippen molar-refractivity contribution in [2.24, 2.45) is 0 Å². The van der Waals surface area contributed by atoms with Gasteiger partial charge in [-0.15, -0.1) is 0 Å². The average molecular weight is 395 g/mol. The van der Waals surface area contributed by atoms with E-state index in [2.05, 4.69) is 15.9 Å². The molecule has 2 aromatic carbocycles. The van der Waals surface area contributed by atoms with Gasteiger partial charge in [0.15, 0.2) is 0 Å². The molecular weight excluding hydrogens is 371 g/mol. The van der Waals surface area contributed by atoms with Crippen molar-refractivity contribution >= 4 is 28.9 Å². The van der Waals surface area contributed by atoms with Crippen LogP contribution in [-0.4, -0.2) is 55.4 Å². The van der Waals surface area contributed by atoms with Gasteiger partial charge in [0, 0.05) is 48.5 Å². The fourth-order valence-electron chi connectivity index (χ4n) is 3.17. The molecule has 3 rings (SSSR count). The molecule has 26 heavy (non-hydrogen) atoms. The van der Waals surface area contributed by atoms with Crippen molar-refractivity contribution in [2.45, 2.75) is 13.0 Å². The standard InChI is InChI=1S/C20H24Cl2N2O2/c1-15-11-17(22)5-6-20(15)26-14-19(25)13-23-7-9-24(10-8-23)18-4-2-3-16(21)12-18/h2-6,11-12,19,25H,7-10,13-14H2,1H3/t19-/m1/s1. The summed E-state index contributed by atoms with van der Waals surface area (Å²) in [5.74, 6) is 0.763. The number of hydrogen-bond donors (Lipinski definition) is 1. The first-order valence-electron chi connectivity index (χ1n) is 8.81. The first-order chi connectivity index (χ1) is 12.5. The lowest BCUT2D eigenvalue weighted by atomic mass is 10.2. The lowest BCUT2D eigenvalue weighted by Crippen LogP contribution is -2.49. The zero-order chi connectivity index (χ0) is 18.5. The molecule has 0 aliphatic carbocycles. The smallest absolute Gasteiger partial charge is 0.122 e. The summed E-state index contributed by atoms with van der Waals surface area (Å²) in [5.41, 5.74) is 2.12. The van der Waals surface area contributed by atoms with Crippen molar-refractivity contribution in [2.75, 3.05) is 44.2 Å². The van der Waals surface area contributed by atoms with Gasteiger partial charge in [-0.05, 0) is 48.9 Å². The molecule has 1 N–H and O–H groups in total.